The standard InChI is InChI=1S/C23H19BrN2O5S/c1-4-10-31-20-17(24)11-14(12-18(20)30-3)13-19-21(27)26(5-2)23(32-19)25-16-8-6-15(7-9-16)22(28)29/h1,6-9,11-13H,5,10H2,2-3H3,(H,28,29)/b19-13+,25-23?. The summed E-state index contributed by atoms with van der Waals surface area (Å²) in [5.41, 5.74) is 1.47. The van der Waals surface area contributed by atoms with Crippen molar-refractivity contribution in [3.8, 4) is 23.8 Å². The van der Waals surface area contributed by atoms with Crippen LogP contribution in [0.25, 0.3) is 6.08 Å². The largest absolute Gasteiger partial charge is 0.493 e. The molecule has 0 saturated carbocycles. The number of carboxylic acids is 1. The second-order valence-electron chi connectivity index (χ2n) is 6.43. The smallest absolute Gasteiger partial charge is 0.335 e. The lowest BCUT2D eigenvalue weighted by atomic mass is 10.2. The number of carboxylic acid groups (broad SMARTS) is 1. The predicted octanol–water partition coefficient (Wildman–Crippen LogP) is 4.79. The summed E-state index contributed by atoms with van der Waals surface area (Å²) in [6, 6.07) is 9.73. The highest BCUT2D eigenvalue weighted by molar-refractivity contribution is 9.10. The Kier molecular flexibility index (Phi) is 7.62. The molecule has 3 rings (SSSR count). The van der Waals surface area contributed by atoms with Crippen LogP contribution in [0.5, 0.6) is 11.5 Å². The van der Waals surface area contributed by atoms with Crippen molar-refractivity contribution in [2.24, 2.45) is 4.99 Å². The number of carbonyl (C=O) groups excluding carboxylic acids is 1. The number of nitrogens with zero attached hydrogens (tertiary/aromatic N) is 2. The number of methoxy groups -OCH3 is 1. The fourth-order valence-electron chi connectivity index (χ4n) is 2.89. The highest BCUT2D eigenvalue weighted by atomic mass is 79.9. The van der Waals surface area contributed by atoms with Gasteiger partial charge in [-0.3, -0.25) is 9.69 Å². The van der Waals surface area contributed by atoms with Gasteiger partial charge in [0, 0.05) is 6.54 Å². The molecule has 0 spiro atoms. The molecule has 7 nitrogen and oxygen atoms in total. The molecule has 1 N–H and O–H groups in total. The zero-order valence-electron chi connectivity index (χ0n) is 17.3. The van der Waals surface area contributed by atoms with Crippen LogP contribution in [0, 0.1) is 12.3 Å². The monoisotopic (exact) mass is 514 g/mol. The topological polar surface area (TPSA) is 88.4 Å². The quantitative estimate of drug-likeness (QED) is 0.422. The summed E-state index contributed by atoms with van der Waals surface area (Å²) in [4.78, 5) is 30.5. The van der Waals surface area contributed by atoms with E-state index in [9.17, 15) is 9.59 Å². The number of hydrogen-bond acceptors (Lipinski definition) is 6. The zero-order chi connectivity index (χ0) is 23.3. The van der Waals surface area contributed by atoms with Gasteiger partial charge in [-0.1, -0.05) is 5.92 Å². The number of amides is 1. The first-order valence-electron chi connectivity index (χ1n) is 9.45. The van der Waals surface area contributed by atoms with Crippen LogP contribution in [-0.4, -0.2) is 47.3 Å². The third-order valence-corrected chi connectivity index (χ3v) is 5.99. The number of rotatable bonds is 7. The number of thioether (sulfide) groups is 1. The minimum atomic E-state index is -1.01. The summed E-state index contributed by atoms with van der Waals surface area (Å²) >= 11 is 4.71. The van der Waals surface area contributed by atoms with Crippen molar-refractivity contribution in [2.45, 2.75) is 6.92 Å². The van der Waals surface area contributed by atoms with Gasteiger partial charge in [-0.2, -0.15) is 0 Å². The first-order valence-corrected chi connectivity index (χ1v) is 11.1. The number of carbonyl (C=O) groups is 2. The third-order valence-electron chi connectivity index (χ3n) is 4.39. The SMILES string of the molecule is C#CCOc1c(Br)cc(/C=C2/SC(=Nc3ccc(C(=O)O)cc3)N(CC)C2=O)cc1OC. The Labute approximate surface area is 198 Å². The Morgan fingerprint density at radius 2 is 2.06 bits per heavy atom. The number of likely N-dealkylation sites (N-methyl/N-ethyl adjacent to an activating group) is 1. The molecular weight excluding hydrogens is 496 g/mol. The fraction of sp³-hybridized carbons (Fsp3) is 0.174. The highest BCUT2D eigenvalue weighted by Crippen LogP contribution is 2.39. The lowest BCUT2D eigenvalue weighted by molar-refractivity contribution is -0.122. The number of terminal acetylenes is 1. The van der Waals surface area contributed by atoms with E-state index < -0.39 is 5.97 Å². The third kappa shape index (κ3) is 5.15. The van der Waals surface area contributed by atoms with Crippen molar-refractivity contribution in [1.29, 1.82) is 0 Å². The van der Waals surface area contributed by atoms with Crippen LogP contribution < -0.4 is 9.47 Å². The number of benzene rings is 2. The fourth-order valence-corrected chi connectivity index (χ4v) is 4.52. The van der Waals surface area contributed by atoms with Crippen molar-refractivity contribution in [3.63, 3.8) is 0 Å². The summed E-state index contributed by atoms with van der Waals surface area (Å²) < 4.78 is 11.6. The first kappa shape index (κ1) is 23.4. The second kappa shape index (κ2) is 10.4. The molecule has 32 heavy (non-hydrogen) atoms. The van der Waals surface area contributed by atoms with Gasteiger partial charge < -0.3 is 14.6 Å². The van der Waals surface area contributed by atoms with E-state index in [2.05, 4.69) is 26.8 Å². The number of aromatic carboxylic acids is 1. The molecule has 0 aliphatic carbocycles. The molecule has 2 aromatic rings. The van der Waals surface area contributed by atoms with E-state index in [0.717, 1.165) is 5.56 Å². The zero-order valence-corrected chi connectivity index (χ0v) is 19.7. The minimum absolute atomic E-state index is 0.0997. The van der Waals surface area contributed by atoms with Crippen molar-refractivity contribution in [2.75, 3.05) is 20.3 Å². The Bertz CT molecular complexity index is 1150. The number of ether oxygens (including phenoxy) is 2. The molecule has 0 bridgehead atoms. The molecule has 0 aromatic heterocycles. The van der Waals surface area contributed by atoms with E-state index in [1.54, 1.807) is 29.2 Å². The summed E-state index contributed by atoms with van der Waals surface area (Å²) in [5.74, 6) is 2.21. The molecule has 0 radical (unpaired) electrons. The van der Waals surface area contributed by atoms with Gasteiger partial charge >= 0.3 is 5.97 Å². The molecule has 1 aliphatic rings. The Morgan fingerprint density at radius 3 is 2.66 bits per heavy atom. The van der Waals surface area contributed by atoms with Gasteiger partial charge in [0.2, 0.25) is 0 Å². The molecule has 164 valence electrons. The van der Waals surface area contributed by atoms with Crippen molar-refractivity contribution in [1.82, 2.24) is 4.90 Å². The molecule has 0 atom stereocenters. The Balaban J connectivity index is 1.92. The van der Waals surface area contributed by atoms with E-state index in [0.29, 0.717) is 38.3 Å². The lowest BCUT2D eigenvalue weighted by Gasteiger charge is -2.12. The summed E-state index contributed by atoms with van der Waals surface area (Å²) in [5, 5.41) is 9.56. The molecule has 2 aromatic carbocycles. The van der Waals surface area contributed by atoms with E-state index >= 15 is 0 Å². The summed E-state index contributed by atoms with van der Waals surface area (Å²) in [6.45, 7) is 2.41. The molecule has 9 heteroatoms. The van der Waals surface area contributed by atoms with Gasteiger partial charge in [-0.15, -0.1) is 6.42 Å². The van der Waals surface area contributed by atoms with E-state index in [4.69, 9.17) is 21.0 Å². The molecule has 1 fully saturated rings. The van der Waals surface area contributed by atoms with Crippen LogP contribution in [0.3, 0.4) is 0 Å². The van der Waals surface area contributed by atoms with Gasteiger partial charge in [0.1, 0.15) is 6.61 Å². The maximum Gasteiger partial charge on any atom is 0.335 e. The number of halogens is 1. The number of hydrogen-bond donors (Lipinski definition) is 1. The number of amidine groups is 1. The van der Waals surface area contributed by atoms with Crippen molar-refractivity contribution in [3.05, 3.63) is 56.9 Å². The molecule has 1 aliphatic heterocycles. The molecule has 1 saturated heterocycles. The van der Waals surface area contributed by atoms with Crippen LogP contribution in [0.4, 0.5) is 5.69 Å². The molecule has 1 amide bonds. The van der Waals surface area contributed by atoms with E-state index in [-0.39, 0.29) is 18.1 Å². The summed E-state index contributed by atoms with van der Waals surface area (Å²) in [7, 11) is 1.52. The van der Waals surface area contributed by atoms with Gasteiger partial charge in [0.15, 0.2) is 16.7 Å². The Hall–Kier alpha value is -3.22. The molecular formula is C23H19BrN2O5S. The highest BCUT2D eigenvalue weighted by Gasteiger charge is 2.32. The predicted molar refractivity (Wildman–Crippen MR) is 128 cm³/mol. The van der Waals surface area contributed by atoms with Crippen LogP contribution in [0.1, 0.15) is 22.8 Å². The summed E-state index contributed by atoms with van der Waals surface area (Å²) in [6.07, 6.45) is 7.02. The van der Waals surface area contributed by atoms with Gasteiger partial charge in [0.05, 0.1) is 27.7 Å². The first-order chi connectivity index (χ1) is 15.4. The van der Waals surface area contributed by atoms with Gasteiger partial charge in [-0.25, -0.2) is 9.79 Å². The van der Waals surface area contributed by atoms with Crippen LogP contribution in [-0.2, 0) is 4.79 Å². The average Bonchev–Trinajstić information content (AvgIpc) is 3.06. The van der Waals surface area contributed by atoms with Crippen molar-refractivity contribution < 1.29 is 24.2 Å². The Morgan fingerprint density at radius 1 is 1.34 bits per heavy atom. The van der Waals surface area contributed by atoms with E-state index in [1.165, 1.54) is 31.0 Å². The minimum Gasteiger partial charge on any atom is -0.493 e. The maximum atomic E-state index is 12.9. The van der Waals surface area contributed by atoms with Crippen LogP contribution >= 0.6 is 27.7 Å². The number of aliphatic imine (C=N–C) groups is 1. The normalized spacial score (nSPS) is 15.8. The lowest BCUT2D eigenvalue weighted by Crippen LogP contribution is -2.28. The van der Waals surface area contributed by atoms with Gasteiger partial charge in [0.25, 0.3) is 5.91 Å². The second-order valence-corrected chi connectivity index (χ2v) is 8.30. The van der Waals surface area contributed by atoms with Crippen LogP contribution in [0.15, 0.2) is 50.8 Å². The maximum absolute atomic E-state index is 12.9. The van der Waals surface area contributed by atoms with Crippen LogP contribution in [0.2, 0.25) is 0 Å². The van der Waals surface area contributed by atoms with Crippen molar-refractivity contribution >= 4 is 56.5 Å². The van der Waals surface area contributed by atoms with E-state index in [1.807, 2.05) is 13.0 Å². The molecule has 0 unspecified atom stereocenters. The van der Waals surface area contributed by atoms with Gasteiger partial charge in [-0.05, 0) is 82.7 Å². The average molecular weight is 515 g/mol. The molecule has 1 heterocycles.